The van der Waals surface area contributed by atoms with Crippen molar-refractivity contribution in [3.63, 3.8) is 0 Å². The minimum atomic E-state index is -0.143. The molecule has 116 valence electrons. The van der Waals surface area contributed by atoms with Gasteiger partial charge in [0.25, 0.3) is 5.91 Å². The molecule has 7 heteroatoms. The second-order valence-electron chi connectivity index (χ2n) is 5.78. The Bertz CT molecular complexity index is 497. The lowest BCUT2D eigenvalue weighted by atomic mass is 10.4. The molecular weight excluding hydrogens is 288 g/mol. The Morgan fingerprint density at radius 1 is 1.38 bits per heavy atom. The fourth-order valence-corrected chi connectivity index (χ4v) is 2.83. The summed E-state index contributed by atoms with van der Waals surface area (Å²) in [5.41, 5.74) is 5.80. The van der Waals surface area contributed by atoms with Gasteiger partial charge in [0.05, 0.1) is 0 Å². The van der Waals surface area contributed by atoms with Crippen LogP contribution in [0.1, 0.15) is 41.8 Å². The number of hydrogen-bond acceptors (Lipinski definition) is 6. The van der Waals surface area contributed by atoms with Gasteiger partial charge in [-0.05, 0) is 38.0 Å². The lowest BCUT2D eigenvalue weighted by Gasteiger charge is -2.05. The lowest BCUT2D eigenvalue weighted by Crippen LogP contribution is -2.25. The molecule has 2 saturated carbocycles. The maximum absolute atomic E-state index is 12.0. The third-order valence-corrected chi connectivity index (χ3v) is 4.57. The summed E-state index contributed by atoms with van der Waals surface area (Å²) in [6, 6.07) is 0.509. The minimum Gasteiger partial charge on any atom is -0.382 e. The highest BCUT2D eigenvalue weighted by molar-refractivity contribution is 7.18. The van der Waals surface area contributed by atoms with Crippen molar-refractivity contribution in [3.05, 3.63) is 4.88 Å². The molecule has 2 aliphatic rings. The van der Waals surface area contributed by atoms with E-state index in [1.165, 1.54) is 37.0 Å². The van der Waals surface area contributed by atoms with E-state index in [1.54, 1.807) is 0 Å². The first-order valence-corrected chi connectivity index (χ1v) is 8.43. The lowest BCUT2D eigenvalue weighted by molar-refractivity contribution is 0.0942. The summed E-state index contributed by atoms with van der Waals surface area (Å²) in [5.74, 6) is 0.954. The number of nitrogen functional groups attached to an aromatic ring is 1. The average molecular weight is 310 g/mol. The van der Waals surface area contributed by atoms with Crippen LogP contribution in [0.25, 0.3) is 0 Å². The molecule has 6 nitrogen and oxygen atoms in total. The number of anilines is 2. The zero-order chi connectivity index (χ0) is 14.7. The van der Waals surface area contributed by atoms with E-state index in [-0.39, 0.29) is 5.91 Å². The van der Waals surface area contributed by atoms with E-state index in [0.717, 1.165) is 24.1 Å². The predicted molar refractivity (Wildman–Crippen MR) is 83.7 cm³/mol. The van der Waals surface area contributed by atoms with Gasteiger partial charge in [-0.15, -0.1) is 0 Å². The molecule has 0 radical (unpaired) electrons. The molecule has 0 spiro atoms. The van der Waals surface area contributed by atoms with Crippen LogP contribution in [0.2, 0.25) is 0 Å². The van der Waals surface area contributed by atoms with E-state index in [1.807, 2.05) is 0 Å². The topological polar surface area (TPSA) is 89.3 Å². The van der Waals surface area contributed by atoms with Crippen LogP contribution in [-0.4, -0.2) is 36.7 Å². The highest BCUT2D eigenvalue weighted by atomic mass is 32.1. The van der Waals surface area contributed by atoms with Crippen molar-refractivity contribution in [2.45, 2.75) is 38.1 Å². The van der Waals surface area contributed by atoms with E-state index >= 15 is 0 Å². The van der Waals surface area contributed by atoms with Gasteiger partial charge in [-0.1, -0.05) is 11.3 Å². The van der Waals surface area contributed by atoms with Crippen LogP contribution >= 0.6 is 11.3 Å². The molecule has 2 fully saturated rings. The number of nitrogens with one attached hydrogen (secondary N) is 2. The number of nitrogens with zero attached hydrogens (tertiary/aromatic N) is 1. The SMILES string of the molecule is Nc1nc(NC2CC2)sc1C(=O)NCCCOCC1CC1. The summed E-state index contributed by atoms with van der Waals surface area (Å²) < 4.78 is 5.53. The second kappa shape index (κ2) is 6.62. The first-order valence-electron chi connectivity index (χ1n) is 7.61. The molecule has 0 aliphatic heterocycles. The number of nitrogens with two attached hydrogens (primary N) is 1. The highest BCUT2D eigenvalue weighted by Crippen LogP contribution is 2.30. The summed E-state index contributed by atoms with van der Waals surface area (Å²) in [4.78, 5) is 16.7. The van der Waals surface area contributed by atoms with Crippen molar-refractivity contribution in [3.8, 4) is 0 Å². The first-order chi connectivity index (χ1) is 10.2. The van der Waals surface area contributed by atoms with Gasteiger partial charge in [-0.3, -0.25) is 4.79 Å². The molecule has 0 aromatic carbocycles. The Morgan fingerprint density at radius 3 is 2.90 bits per heavy atom. The van der Waals surface area contributed by atoms with Crippen molar-refractivity contribution in [1.29, 1.82) is 0 Å². The molecule has 1 heterocycles. The van der Waals surface area contributed by atoms with Crippen LogP contribution in [0, 0.1) is 5.92 Å². The number of amides is 1. The van der Waals surface area contributed by atoms with Crippen LogP contribution in [0.3, 0.4) is 0 Å². The predicted octanol–water partition coefficient (Wildman–Crippen LogP) is 1.85. The smallest absolute Gasteiger partial charge is 0.265 e. The van der Waals surface area contributed by atoms with Crippen LogP contribution in [0.5, 0.6) is 0 Å². The normalized spacial score (nSPS) is 17.7. The van der Waals surface area contributed by atoms with Crippen molar-refractivity contribution in [1.82, 2.24) is 10.3 Å². The van der Waals surface area contributed by atoms with Crippen LogP contribution < -0.4 is 16.4 Å². The molecule has 3 rings (SSSR count). The Hall–Kier alpha value is -1.34. The van der Waals surface area contributed by atoms with Crippen LogP contribution in [-0.2, 0) is 4.74 Å². The molecule has 4 N–H and O–H groups in total. The molecule has 0 saturated heterocycles. The summed E-state index contributed by atoms with van der Waals surface area (Å²) in [6.45, 7) is 2.17. The molecule has 0 unspecified atom stereocenters. The summed E-state index contributed by atoms with van der Waals surface area (Å²) in [6.07, 6.45) is 5.77. The van der Waals surface area contributed by atoms with Crippen molar-refractivity contribution in [2.24, 2.45) is 5.92 Å². The molecule has 0 atom stereocenters. The zero-order valence-corrected chi connectivity index (χ0v) is 12.9. The Kier molecular flexibility index (Phi) is 4.60. The Morgan fingerprint density at radius 2 is 2.19 bits per heavy atom. The van der Waals surface area contributed by atoms with Gasteiger partial charge in [0.1, 0.15) is 10.7 Å². The van der Waals surface area contributed by atoms with E-state index in [0.29, 0.717) is 29.9 Å². The van der Waals surface area contributed by atoms with Crippen molar-refractivity contribution < 1.29 is 9.53 Å². The maximum Gasteiger partial charge on any atom is 0.265 e. The molecule has 0 bridgehead atoms. The first kappa shape index (κ1) is 14.6. The van der Waals surface area contributed by atoms with Crippen molar-refractivity contribution in [2.75, 3.05) is 30.8 Å². The number of ether oxygens (including phenoxy) is 1. The number of carbonyl (C=O) groups excluding carboxylic acids is 1. The Labute approximate surface area is 128 Å². The molecule has 1 aromatic rings. The summed E-state index contributed by atoms with van der Waals surface area (Å²) in [5, 5.41) is 6.87. The molecule has 1 aromatic heterocycles. The highest BCUT2D eigenvalue weighted by Gasteiger charge is 2.24. The van der Waals surface area contributed by atoms with E-state index < -0.39 is 0 Å². The number of rotatable bonds is 9. The van der Waals surface area contributed by atoms with Gasteiger partial charge in [0, 0.05) is 25.8 Å². The molecular formula is C14H22N4O2S. The van der Waals surface area contributed by atoms with E-state index in [4.69, 9.17) is 10.5 Å². The van der Waals surface area contributed by atoms with Gasteiger partial charge in [-0.2, -0.15) is 0 Å². The maximum atomic E-state index is 12.0. The standard InChI is InChI=1S/C14H22N4O2S/c15-12-11(21-14(18-12)17-10-4-5-10)13(19)16-6-1-7-20-8-9-2-3-9/h9-10H,1-8,15H2,(H,16,19)(H,17,18). The average Bonchev–Trinajstić information content (AvgIpc) is 3.35. The van der Waals surface area contributed by atoms with Gasteiger partial charge < -0.3 is 21.1 Å². The molecule has 21 heavy (non-hydrogen) atoms. The van der Waals surface area contributed by atoms with E-state index in [9.17, 15) is 4.79 Å². The third kappa shape index (κ3) is 4.57. The quantitative estimate of drug-likeness (QED) is 0.606. The van der Waals surface area contributed by atoms with Gasteiger partial charge in [0.2, 0.25) is 0 Å². The zero-order valence-electron chi connectivity index (χ0n) is 12.1. The van der Waals surface area contributed by atoms with Crippen LogP contribution in [0.4, 0.5) is 10.9 Å². The van der Waals surface area contributed by atoms with Gasteiger partial charge in [0.15, 0.2) is 5.13 Å². The number of hydrogen-bond donors (Lipinski definition) is 3. The van der Waals surface area contributed by atoms with Crippen molar-refractivity contribution >= 4 is 28.2 Å². The number of thiazole rings is 1. The number of aromatic nitrogens is 1. The molecule has 2 aliphatic carbocycles. The second-order valence-corrected chi connectivity index (χ2v) is 6.78. The van der Waals surface area contributed by atoms with Gasteiger partial charge >= 0.3 is 0 Å². The molecule has 1 amide bonds. The fraction of sp³-hybridized carbons (Fsp3) is 0.714. The Balaban J connectivity index is 1.36. The minimum absolute atomic E-state index is 0.143. The fourth-order valence-electron chi connectivity index (χ4n) is 1.95. The van der Waals surface area contributed by atoms with Gasteiger partial charge in [-0.25, -0.2) is 4.98 Å². The van der Waals surface area contributed by atoms with E-state index in [2.05, 4.69) is 15.6 Å². The summed E-state index contributed by atoms with van der Waals surface area (Å²) >= 11 is 1.33. The third-order valence-electron chi connectivity index (χ3n) is 3.57. The van der Waals surface area contributed by atoms with Crippen LogP contribution in [0.15, 0.2) is 0 Å². The number of carbonyl (C=O) groups is 1. The summed E-state index contributed by atoms with van der Waals surface area (Å²) in [7, 11) is 0. The monoisotopic (exact) mass is 310 g/mol. The largest absolute Gasteiger partial charge is 0.382 e.